The molecule has 0 radical (unpaired) electrons. The average Bonchev–Trinajstić information content (AvgIpc) is 3.16. The van der Waals surface area contributed by atoms with Crippen molar-refractivity contribution in [1.29, 1.82) is 5.26 Å². The smallest absolute Gasteiger partial charge is 0.289 e. The molecule has 1 aliphatic rings. The Labute approximate surface area is 150 Å². The van der Waals surface area contributed by atoms with Crippen LogP contribution in [0.25, 0.3) is 0 Å². The molecular formula is C18H16ClN3O3. The Bertz CT molecular complexity index is 819. The van der Waals surface area contributed by atoms with E-state index < -0.39 is 0 Å². The minimum Gasteiger partial charge on any atom is -0.459 e. The van der Waals surface area contributed by atoms with E-state index in [1.807, 2.05) is 6.07 Å². The summed E-state index contributed by atoms with van der Waals surface area (Å²) < 4.78 is 5.13. The number of nitriles is 1. The fourth-order valence-electron chi connectivity index (χ4n) is 2.83. The second kappa shape index (κ2) is 7.41. The first-order valence-electron chi connectivity index (χ1n) is 7.92. The number of furan rings is 1. The van der Waals surface area contributed by atoms with E-state index in [1.54, 1.807) is 35.2 Å². The van der Waals surface area contributed by atoms with E-state index in [9.17, 15) is 9.59 Å². The fourth-order valence-corrected chi connectivity index (χ4v) is 3.05. The zero-order valence-corrected chi connectivity index (χ0v) is 14.1. The first kappa shape index (κ1) is 17.1. The SMILES string of the molecule is N#Cc1ccc(NC(=O)C2CCN(C(=O)c3ccco3)CC2)cc1Cl. The number of carbonyl (C=O) groups excluding carboxylic acids is 2. The van der Waals surface area contributed by atoms with Gasteiger partial charge in [0.05, 0.1) is 16.8 Å². The van der Waals surface area contributed by atoms with E-state index in [1.165, 1.54) is 6.26 Å². The van der Waals surface area contributed by atoms with Crippen LogP contribution in [0.2, 0.25) is 5.02 Å². The predicted molar refractivity (Wildman–Crippen MR) is 92.1 cm³/mol. The average molecular weight is 358 g/mol. The van der Waals surface area contributed by atoms with Crippen LogP contribution in [-0.2, 0) is 4.79 Å². The Kier molecular flexibility index (Phi) is 5.05. The number of hydrogen-bond donors (Lipinski definition) is 1. The van der Waals surface area contributed by atoms with Crippen LogP contribution in [0.15, 0.2) is 41.0 Å². The number of carbonyl (C=O) groups is 2. The van der Waals surface area contributed by atoms with Gasteiger partial charge < -0.3 is 14.6 Å². The van der Waals surface area contributed by atoms with Gasteiger partial charge in [0.1, 0.15) is 6.07 Å². The highest BCUT2D eigenvalue weighted by atomic mass is 35.5. The molecular weight excluding hydrogens is 342 g/mol. The van der Waals surface area contributed by atoms with Crippen molar-refractivity contribution in [3.05, 3.63) is 52.9 Å². The number of amides is 2. The van der Waals surface area contributed by atoms with Crippen LogP contribution in [0, 0.1) is 17.2 Å². The highest BCUT2D eigenvalue weighted by molar-refractivity contribution is 6.32. The van der Waals surface area contributed by atoms with E-state index in [0.29, 0.717) is 48.0 Å². The van der Waals surface area contributed by atoms with Crippen molar-refractivity contribution in [2.75, 3.05) is 18.4 Å². The highest BCUT2D eigenvalue weighted by Crippen LogP contribution is 2.24. The predicted octanol–water partition coefficient (Wildman–Crippen LogP) is 3.30. The van der Waals surface area contributed by atoms with E-state index >= 15 is 0 Å². The van der Waals surface area contributed by atoms with E-state index in [0.717, 1.165) is 0 Å². The van der Waals surface area contributed by atoms with E-state index in [2.05, 4.69) is 5.32 Å². The van der Waals surface area contributed by atoms with Crippen molar-refractivity contribution in [2.45, 2.75) is 12.8 Å². The topological polar surface area (TPSA) is 86.3 Å². The molecule has 0 unspecified atom stereocenters. The monoisotopic (exact) mass is 357 g/mol. The largest absolute Gasteiger partial charge is 0.459 e. The maximum atomic E-state index is 12.4. The van der Waals surface area contributed by atoms with Crippen molar-refractivity contribution in [3.8, 4) is 6.07 Å². The number of anilines is 1. The van der Waals surface area contributed by atoms with Crippen LogP contribution in [0.4, 0.5) is 5.69 Å². The molecule has 128 valence electrons. The molecule has 0 bridgehead atoms. The number of rotatable bonds is 3. The maximum absolute atomic E-state index is 12.4. The highest BCUT2D eigenvalue weighted by Gasteiger charge is 2.28. The summed E-state index contributed by atoms with van der Waals surface area (Å²) in [5.74, 6) is -0.112. The van der Waals surface area contributed by atoms with Crippen LogP contribution in [0.3, 0.4) is 0 Å². The molecule has 2 aromatic rings. The zero-order valence-electron chi connectivity index (χ0n) is 13.4. The molecule has 0 saturated carbocycles. The van der Waals surface area contributed by atoms with Gasteiger partial charge in [0.25, 0.3) is 5.91 Å². The molecule has 7 heteroatoms. The number of nitrogens with one attached hydrogen (secondary N) is 1. The first-order valence-corrected chi connectivity index (χ1v) is 8.29. The van der Waals surface area contributed by atoms with Gasteiger partial charge in [-0.2, -0.15) is 5.26 Å². The summed E-state index contributed by atoms with van der Waals surface area (Å²) in [6.45, 7) is 1.01. The summed E-state index contributed by atoms with van der Waals surface area (Å²) in [7, 11) is 0. The fraction of sp³-hybridized carbons (Fsp3) is 0.278. The third kappa shape index (κ3) is 3.83. The van der Waals surface area contributed by atoms with Gasteiger partial charge in [-0.25, -0.2) is 0 Å². The van der Waals surface area contributed by atoms with E-state index in [4.69, 9.17) is 21.3 Å². The number of nitrogens with zero attached hydrogens (tertiary/aromatic N) is 2. The lowest BCUT2D eigenvalue weighted by atomic mass is 9.95. The Morgan fingerprint density at radius 2 is 2.04 bits per heavy atom. The molecule has 0 aliphatic carbocycles. The molecule has 25 heavy (non-hydrogen) atoms. The van der Waals surface area contributed by atoms with Gasteiger partial charge in [0.2, 0.25) is 5.91 Å². The normalized spacial score (nSPS) is 14.8. The summed E-state index contributed by atoms with van der Waals surface area (Å²) in [5, 5.41) is 12.0. The molecule has 6 nitrogen and oxygen atoms in total. The molecule has 3 rings (SSSR count). The van der Waals surface area contributed by atoms with Gasteiger partial charge >= 0.3 is 0 Å². The van der Waals surface area contributed by atoms with Crippen LogP contribution in [0.1, 0.15) is 29.0 Å². The second-order valence-corrected chi connectivity index (χ2v) is 6.25. The number of halogens is 1. The summed E-state index contributed by atoms with van der Waals surface area (Å²) in [6, 6.07) is 10.1. The Hall–Kier alpha value is -2.78. The summed E-state index contributed by atoms with van der Waals surface area (Å²) in [5.41, 5.74) is 0.924. The van der Waals surface area contributed by atoms with Crippen LogP contribution >= 0.6 is 11.6 Å². The molecule has 0 atom stereocenters. The number of piperidine rings is 1. The first-order chi connectivity index (χ1) is 12.1. The van der Waals surface area contributed by atoms with Gasteiger partial charge in [-0.05, 0) is 43.2 Å². The zero-order chi connectivity index (χ0) is 17.8. The standard InChI is InChI=1S/C18H16ClN3O3/c19-15-10-14(4-3-13(15)11-20)21-17(23)12-5-7-22(8-6-12)18(24)16-2-1-9-25-16/h1-4,9-10,12H,5-8H2,(H,21,23). The molecule has 0 spiro atoms. The van der Waals surface area contributed by atoms with Gasteiger partial charge in [0, 0.05) is 24.7 Å². The Morgan fingerprint density at radius 3 is 2.64 bits per heavy atom. The molecule has 1 aliphatic heterocycles. The van der Waals surface area contributed by atoms with Crippen molar-refractivity contribution >= 4 is 29.1 Å². The second-order valence-electron chi connectivity index (χ2n) is 5.84. The quantitative estimate of drug-likeness (QED) is 0.913. The number of likely N-dealkylation sites (tertiary alicyclic amines) is 1. The van der Waals surface area contributed by atoms with Gasteiger partial charge in [-0.15, -0.1) is 0 Å². The van der Waals surface area contributed by atoms with Crippen molar-refractivity contribution in [2.24, 2.45) is 5.92 Å². The molecule has 2 amide bonds. The van der Waals surface area contributed by atoms with Gasteiger partial charge in [0.15, 0.2) is 5.76 Å². The molecule has 2 heterocycles. The number of hydrogen-bond acceptors (Lipinski definition) is 4. The lowest BCUT2D eigenvalue weighted by Gasteiger charge is -2.30. The summed E-state index contributed by atoms with van der Waals surface area (Å²) in [6.07, 6.45) is 2.64. The third-order valence-corrected chi connectivity index (χ3v) is 4.55. The maximum Gasteiger partial charge on any atom is 0.289 e. The van der Waals surface area contributed by atoms with Crippen molar-refractivity contribution in [3.63, 3.8) is 0 Å². The molecule has 1 aromatic heterocycles. The minimum absolute atomic E-state index is 0.106. The van der Waals surface area contributed by atoms with Crippen LogP contribution < -0.4 is 5.32 Å². The summed E-state index contributed by atoms with van der Waals surface area (Å²) in [4.78, 5) is 26.3. The molecule has 1 aromatic carbocycles. The lowest BCUT2D eigenvalue weighted by molar-refractivity contribution is -0.121. The van der Waals surface area contributed by atoms with Crippen molar-refractivity contribution < 1.29 is 14.0 Å². The van der Waals surface area contributed by atoms with Crippen LogP contribution in [-0.4, -0.2) is 29.8 Å². The van der Waals surface area contributed by atoms with Gasteiger partial charge in [-0.3, -0.25) is 9.59 Å². The summed E-state index contributed by atoms with van der Waals surface area (Å²) >= 11 is 5.97. The molecule has 1 N–H and O–H groups in total. The Balaban J connectivity index is 1.56. The van der Waals surface area contributed by atoms with E-state index in [-0.39, 0.29) is 17.7 Å². The molecule has 1 saturated heterocycles. The number of benzene rings is 1. The molecule has 1 fully saturated rings. The Morgan fingerprint density at radius 1 is 1.28 bits per heavy atom. The third-order valence-electron chi connectivity index (χ3n) is 4.24. The van der Waals surface area contributed by atoms with Crippen molar-refractivity contribution in [1.82, 2.24) is 4.90 Å². The van der Waals surface area contributed by atoms with Gasteiger partial charge in [-0.1, -0.05) is 11.6 Å². The van der Waals surface area contributed by atoms with Crippen LogP contribution in [0.5, 0.6) is 0 Å². The minimum atomic E-state index is -0.171. The lowest BCUT2D eigenvalue weighted by Crippen LogP contribution is -2.41.